The molecule has 2 aliphatic heterocycles. The first-order valence-electron chi connectivity index (χ1n) is 11.1. The molecule has 2 N–H and O–H groups in total. The van der Waals surface area contributed by atoms with Crippen LogP contribution in [0.1, 0.15) is 50.7 Å². The minimum absolute atomic E-state index is 0.362. The maximum Gasteiger partial charge on any atom is 0.145 e. The molecule has 2 aromatic carbocycles. The number of thioether (sulfide) groups is 2. The number of ether oxygens (including phenoxy) is 1. The van der Waals surface area contributed by atoms with Crippen LogP contribution in [-0.4, -0.2) is 33.3 Å². The van der Waals surface area contributed by atoms with Gasteiger partial charge in [-0.3, -0.25) is 0 Å². The molecule has 2 aliphatic rings. The highest BCUT2D eigenvalue weighted by molar-refractivity contribution is 8.18. The summed E-state index contributed by atoms with van der Waals surface area (Å²) in [6, 6.07) is 16.4. The zero-order chi connectivity index (χ0) is 21.7. The first kappa shape index (κ1) is 22.6. The third-order valence-corrected chi connectivity index (χ3v) is 9.44. The molecule has 1 fully saturated rings. The van der Waals surface area contributed by atoms with Crippen molar-refractivity contribution in [2.24, 2.45) is 0 Å². The van der Waals surface area contributed by atoms with Gasteiger partial charge in [0.05, 0.1) is 10.6 Å². The van der Waals surface area contributed by atoms with E-state index < -0.39 is 5.60 Å². The summed E-state index contributed by atoms with van der Waals surface area (Å²) in [4.78, 5) is 0. The average Bonchev–Trinajstić information content (AvgIpc) is 2.79. The van der Waals surface area contributed by atoms with E-state index in [1.54, 1.807) is 0 Å². The number of unbranched alkanes of at least 4 members (excludes halogenated alkanes) is 1. The van der Waals surface area contributed by atoms with Gasteiger partial charge < -0.3 is 15.2 Å². The summed E-state index contributed by atoms with van der Waals surface area (Å²) < 4.78 is 5.83. The van der Waals surface area contributed by atoms with Crippen LogP contribution in [0.4, 0.5) is 0 Å². The first-order valence-corrected chi connectivity index (χ1v) is 13.1. The highest BCUT2D eigenvalue weighted by Gasteiger charge is 2.57. The zero-order valence-corrected chi connectivity index (χ0v) is 20.0. The van der Waals surface area contributed by atoms with Crippen molar-refractivity contribution in [3.63, 3.8) is 0 Å². The van der Waals surface area contributed by atoms with E-state index in [1.807, 2.05) is 72.1 Å². The standard InChI is InChI=1S/C26H31NO2S2/c1-20(2)27-17-10-4-3-9-16-25(30-18-11-19-31-25)26(28)21-12-5-7-14-23(21)29-24-15-8-6-13-22(24)26/h5-8,12-15,20,27-28H,3,9,11,16-19H2,1-2H3. The molecule has 0 radical (unpaired) electrons. The molecule has 1 saturated heterocycles. The summed E-state index contributed by atoms with van der Waals surface area (Å²) in [6.45, 7) is 4.99. The number of hydrogen-bond acceptors (Lipinski definition) is 5. The van der Waals surface area contributed by atoms with Crippen molar-refractivity contribution in [2.75, 3.05) is 18.1 Å². The van der Waals surface area contributed by atoms with Gasteiger partial charge in [0.15, 0.2) is 0 Å². The van der Waals surface area contributed by atoms with Crippen LogP contribution >= 0.6 is 23.5 Å². The molecule has 0 bridgehead atoms. The molecule has 2 heterocycles. The largest absolute Gasteiger partial charge is 0.457 e. The van der Waals surface area contributed by atoms with Crippen LogP contribution in [0.5, 0.6) is 11.5 Å². The molecule has 3 nitrogen and oxygen atoms in total. The highest BCUT2D eigenvalue weighted by atomic mass is 32.2. The molecule has 5 heteroatoms. The number of nitrogens with one attached hydrogen (secondary N) is 1. The van der Waals surface area contributed by atoms with E-state index in [2.05, 4.69) is 31.0 Å². The first-order chi connectivity index (χ1) is 15.1. The van der Waals surface area contributed by atoms with Gasteiger partial charge in [-0.05, 0) is 56.7 Å². The van der Waals surface area contributed by atoms with Gasteiger partial charge >= 0.3 is 0 Å². The Balaban J connectivity index is 1.65. The van der Waals surface area contributed by atoms with E-state index in [0.29, 0.717) is 6.04 Å². The lowest BCUT2D eigenvalue weighted by molar-refractivity contribution is 0.0531. The molecular weight excluding hydrogens is 422 g/mol. The topological polar surface area (TPSA) is 41.5 Å². The smallest absolute Gasteiger partial charge is 0.145 e. The van der Waals surface area contributed by atoms with Crippen LogP contribution in [0.15, 0.2) is 48.5 Å². The molecule has 0 aromatic heterocycles. The predicted octanol–water partition coefficient (Wildman–Crippen LogP) is 5.77. The molecule has 0 atom stereocenters. The van der Waals surface area contributed by atoms with E-state index >= 15 is 0 Å². The summed E-state index contributed by atoms with van der Waals surface area (Å²) in [5.74, 6) is 10.2. The Morgan fingerprint density at radius 2 is 1.61 bits per heavy atom. The van der Waals surface area contributed by atoms with Gasteiger partial charge in [-0.2, -0.15) is 0 Å². The van der Waals surface area contributed by atoms with Crippen LogP contribution in [0.3, 0.4) is 0 Å². The van der Waals surface area contributed by atoms with Crippen molar-refractivity contribution in [3.05, 3.63) is 59.7 Å². The Bertz CT molecular complexity index is 912. The number of fused-ring (bicyclic) bond motifs is 2. The molecule has 164 valence electrons. The van der Waals surface area contributed by atoms with Gasteiger partial charge in [0.25, 0.3) is 0 Å². The zero-order valence-electron chi connectivity index (χ0n) is 18.3. The molecule has 0 aliphatic carbocycles. The fraction of sp³-hybridized carbons (Fsp3) is 0.462. The Morgan fingerprint density at radius 1 is 1.00 bits per heavy atom. The third-order valence-electron chi connectivity index (χ3n) is 5.82. The quantitative estimate of drug-likeness (QED) is 0.429. The second kappa shape index (κ2) is 9.92. The maximum absolute atomic E-state index is 12.6. The third kappa shape index (κ3) is 4.50. The second-order valence-corrected chi connectivity index (χ2v) is 11.4. The molecule has 0 amide bonds. The molecule has 0 spiro atoms. The summed E-state index contributed by atoms with van der Waals surface area (Å²) in [7, 11) is 0. The lowest BCUT2D eigenvalue weighted by Crippen LogP contribution is -2.51. The summed E-state index contributed by atoms with van der Waals surface area (Å²) in [6.07, 6.45) is 3.88. The SMILES string of the molecule is CC(C)NCC#CCCCC1(C2(O)c3ccccc3Oc3ccccc32)SCCCS1. The normalized spacial score (nSPS) is 18.3. The van der Waals surface area contributed by atoms with Crippen molar-refractivity contribution < 1.29 is 9.84 Å². The van der Waals surface area contributed by atoms with Crippen LogP contribution < -0.4 is 10.1 Å². The number of para-hydroxylation sites is 2. The van der Waals surface area contributed by atoms with Gasteiger partial charge in [0.2, 0.25) is 0 Å². The number of benzene rings is 2. The molecule has 0 saturated carbocycles. The summed E-state index contributed by atoms with van der Waals surface area (Å²) in [5, 5.41) is 15.9. The van der Waals surface area contributed by atoms with Crippen molar-refractivity contribution in [3.8, 4) is 23.3 Å². The Morgan fingerprint density at radius 3 is 2.23 bits per heavy atom. The lowest BCUT2D eigenvalue weighted by atomic mass is 9.78. The lowest BCUT2D eigenvalue weighted by Gasteiger charge is -2.51. The van der Waals surface area contributed by atoms with Crippen molar-refractivity contribution >= 4 is 23.5 Å². The van der Waals surface area contributed by atoms with Crippen LogP contribution in [0, 0.1) is 11.8 Å². The average molecular weight is 454 g/mol. The van der Waals surface area contributed by atoms with Crippen molar-refractivity contribution in [1.82, 2.24) is 5.32 Å². The van der Waals surface area contributed by atoms with E-state index in [0.717, 1.165) is 59.9 Å². The maximum atomic E-state index is 12.6. The van der Waals surface area contributed by atoms with E-state index in [1.165, 1.54) is 6.42 Å². The second-order valence-electron chi connectivity index (χ2n) is 8.35. The molecule has 4 rings (SSSR count). The fourth-order valence-corrected chi connectivity index (χ4v) is 8.00. The minimum Gasteiger partial charge on any atom is -0.457 e. The van der Waals surface area contributed by atoms with Gasteiger partial charge in [-0.15, -0.1) is 29.4 Å². The van der Waals surface area contributed by atoms with Gasteiger partial charge in [-0.1, -0.05) is 42.3 Å². The van der Waals surface area contributed by atoms with Crippen LogP contribution in [0.25, 0.3) is 0 Å². The molecular formula is C26H31NO2S2. The number of hydrogen-bond donors (Lipinski definition) is 2. The van der Waals surface area contributed by atoms with E-state index in [4.69, 9.17) is 4.74 Å². The monoisotopic (exact) mass is 453 g/mol. The van der Waals surface area contributed by atoms with Gasteiger partial charge in [-0.25, -0.2) is 0 Å². The number of aliphatic hydroxyl groups is 1. The highest BCUT2D eigenvalue weighted by Crippen LogP contribution is 2.63. The van der Waals surface area contributed by atoms with E-state index in [9.17, 15) is 5.11 Å². The number of rotatable bonds is 6. The van der Waals surface area contributed by atoms with Gasteiger partial charge in [0.1, 0.15) is 17.1 Å². The summed E-state index contributed by atoms with van der Waals surface area (Å²) in [5.41, 5.74) is 0.645. The van der Waals surface area contributed by atoms with Crippen LogP contribution in [0.2, 0.25) is 0 Å². The molecule has 31 heavy (non-hydrogen) atoms. The fourth-order valence-electron chi connectivity index (χ4n) is 4.31. The van der Waals surface area contributed by atoms with Crippen molar-refractivity contribution in [2.45, 2.75) is 55.3 Å². The van der Waals surface area contributed by atoms with E-state index in [-0.39, 0.29) is 4.08 Å². The minimum atomic E-state index is -1.11. The summed E-state index contributed by atoms with van der Waals surface area (Å²) >= 11 is 3.82. The Hall–Kier alpha value is -1.58. The molecule has 0 unspecified atom stereocenters. The van der Waals surface area contributed by atoms with Gasteiger partial charge in [0, 0.05) is 23.6 Å². The Kier molecular flexibility index (Phi) is 7.23. The Labute approximate surface area is 194 Å². The molecule has 2 aromatic rings. The van der Waals surface area contributed by atoms with Crippen molar-refractivity contribution in [1.29, 1.82) is 0 Å². The predicted molar refractivity (Wildman–Crippen MR) is 133 cm³/mol. The van der Waals surface area contributed by atoms with Crippen LogP contribution in [-0.2, 0) is 5.60 Å².